The fourth-order valence-electron chi connectivity index (χ4n) is 0.413. The minimum absolute atomic E-state index is 0.126. The minimum atomic E-state index is -2.85. The molecule has 0 fully saturated rings. The van der Waals surface area contributed by atoms with Crippen LogP contribution in [0.25, 0.3) is 0 Å². The summed E-state index contributed by atoms with van der Waals surface area (Å²) in [6.07, 6.45) is 1.62. The summed E-state index contributed by atoms with van der Waals surface area (Å²) in [5.41, 5.74) is 1.88. The summed E-state index contributed by atoms with van der Waals surface area (Å²) in [7, 11) is -2.85. The van der Waals surface area contributed by atoms with Crippen LogP contribution >= 0.6 is 0 Å². The number of hydrogen-bond donors (Lipinski definition) is 2. The van der Waals surface area contributed by atoms with E-state index in [-0.39, 0.29) is 5.75 Å². The Bertz CT molecular complexity index is 151. The lowest BCUT2D eigenvalue weighted by Crippen LogP contribution is -2.13. The van der Waals surface area contributed by atoms with Crippen LogP contribution in [0.1, 0.15) is 6.42 Å². The second-order valence-electron chi connectivity index (χ2n) is 1.89. The summed E-state index contributed by atoms with van der Waals surface area (Å²) in [5.74, 6) is 0.126. The standard InChI is InChI=1S/C4H11NO3S/c1-9(7,8)4-2-3-5-6/h5-6H,2-4H2,1H3. The zero-order valence-electron chi connectivity index (χ0n) is 5.29. The Morgan fingerprint density at radius 1 is 1.56 bits per heavy atom. The first-order valence-corrected chi connectivity index (χ1v) is 4.67. The van der Waals surface area contributed by atoms with Gasteiger partial charge in [0.1, 0.15) is 9.84 Å². The van der Waals surface area contributed by atoms with Crippen LogP contribution in [0.5, 0.6) is 0 Å². The molecule has 0 rings (SSSR count). The smallest absolute Gasteiger partial charge is 0.147 e. The van der Waals surface area contributed by atoms with Crippen LogP contribution in [-0.4, -0.2) is 32.2 Å². The molecule has 0 saturated heterocycles. The lowest BCUT2D eigenvalue weighted by Gasteiger charge is -1.94. The van der Waals surface area contributed by atoms with Gasteiger partial charge in [0.2, 0.25) is 0 Å². The summed E-state index contributed by atoms with van der Waals surface area (Å²) < 4.78 is 20.8. The summed E-state index contributed by atoms with van der Waals surface area (Å²) >= 11 is 0. The molecule has 0 amide bonds. The first-order chi connectivity index (χ1) is 4.06. The maximum Gasteiger partial charge on any atom is 0.147 e. The Kier molecular flexibility index (Phi) is 3.76. The van der Waals surface area contributed by atoms with E-state index in [4.69, 9.17) is 5.21 Å². The van der Waals surface area contributed by atoms with Crippen molar-refractivity contribution in [2.24, 2.45) is 0 Å². The van der Waals surface area contributed by atoms with Crippen molar-refractivity contribution in [1.29, 1.82) is 0 Å². The Hall–Kier alpha value is -0.130. The minimum Gasteiger partial charge on any atom is -0.317 e. The molecule has 5 heteroatoms. The molecule has 0 aromatic carbocycles. The molecule has 0 saturated carbocycles. The molecule has 0 radical (unpaired) electrons. The third-order valence-electron chi connectivity index (χ3n) is 0.804. The first-order valence-electron chi connectivity index (χ1n) is 2.61. The van der Waals surface area contributed by atoms with E-state index in [0.29, 0.717) is 13.0 Å². The van der Waals surface area contributed by atoms with Crippen molar-refractivity contribution in [3.05, 3.63) is 0 Å². The van der Waals surface area contributed by atoms with Crippen LogP contribution in [0.3, 0.4) is 0 Å². The normalized spacial score (nSPS) is 11.8. The Morgan fingerprint density at radius 2 is 2.11 bits per heavy atom. The molecule has 0 heterocycles. The Balaban J connectivity index is 3.30. The van der Waals surface area contributed by atoms with E-state index in [9.17, 15) is 8.42 Å². The van der Waals surface area contributed by atoms with Gasteiger partial charge in [0.15, 0.2) is 0 Å². The summed E-state index contributed by atoms with van der Waals surface area (Å²) in [6.45, 7) is 0.326. The van der Waals surface area contributed by atoms with Crippen LogP contribution in [0.2, 0.25) is 0 Å². The van der Waals surface area contributed by atoms with Crippen LogP contribution in [0, 0.1) is 0 Å². The maximum absolute atomic E-state index is 10.4. The molecule has 0 atom stereocenters. The average molecular weight is 153 g/mol. The number of hydrogen-bond acceptors (Lipinski definition) is 4. The van der Waals surface area contributed by atoms with Gasteiger partial charge >= 0.3 is 0 Å². The topological polar surface area (TPSA) is 66.4 Å². The van der Waals surface area contributed by atoms with Gasteiger partial charge in [-0.3, -0.25) is 0 Å². The molecule has 0 aromatic rings. The third-order valence-corrected chi connectivity index (χ3v) is 1.83. The van der Waals surface area contributed by atoms with Gasteiger partial charge in [-0.15, -0.1) is 0 Å². The van der Waals surface area contributed by atoms with E-state index in [0.717, 1.165) is 0 Å². The lowest BCUT2D eigenvalue weighted by molar-refractivity contribution is 0.167. The van der Waals surface area contributed by atoms with Crippen LogP contribution < -0.4 is 5.48 Å². The second-order valence-corrected chi connectivity index (χ2v) is 4.15. The summed E-state index contributed by atoms with van der Waals surface area (Å²) in [5, 5.41) is 8.02. The summed E-state index contributed by atoms with van der Waals surface area (Å²) in [6, 6.07) is 0. The van der Waals surface area contributed by atoms with Gasteiger partial charge in [0.05, 0.1) is 5.75 Å². The zero-order valence-corrected chi connectivity index (χ0v) is 6.11. The van der Waals surface area contributed by atoms with E-state index in [1.165, 1.54) is 6.26 Å². The molecule has 0 spiro atoms. The lowest BCUT2D eigenvalue weighted by atomic mass is 10.5. The van der Waals surface area contributed by atoms with E-state index in [1.54, 1.807) is 0 Å². The second kappa shape index (κ2) is 3.81. The molecular formula is C4H11NO3S. The monoisotopic (exact) mass is 153 g/mol. The van der Waals surface area contributed by atoms with Gasteiger partial charge in [0.25, 0.3) is 0 Å². The highest BCUT2D eigenvalue weighted by Crippen LogP contribution is 1.85. The molecule has 2 N–H and O–H groups in total. The molecule has 4 nitrogen and oxygen atoms in total. The fourth-order valence-corrected chi connectivity index (χ4v) is 1.08. The van der Waals surface area contributed by atoms with Crippen molar-refractivity contribution in [2.45, 2.75) is 6.42 Å². The fraction of sp³-hybridized carbons (Fsp3) is 1.00. The van der Waals surface area contributed by atoms with Crippen molar-refractivity contribution in [1.82, 2.24) is 5.48 Å². The van der Waals surface area contributed by atoms with Crippen LogP contribution in [0.15, 0.2) is 0 Å². The molecular weight excluding hydrogens is 142 g/mol. The highest BCUT2D eigenvalue weighted by atomic mass is 32.2. The number of nitrogens with one attached hydrogen (secondary N) is 1. The number of hydroxylamine groups is 1. The summed E-state index contributed by atoms with van der Waals surface area (Å²) in [4.78, 5) is 0. The van der Waals surface area contributed by atoms with E-state index in [2.05, 4.69) is 0 Å². The quantitative estimate of drug-likeness (QED) is 0.418. The SMILES string of the molecule is CS(=O)(=O)CCCNO. The van der Waals surface area contributed by atoms with Gasteiger partial charge in [-0.05, 0) is 6.42 Å². The highest BCUT2D eigenvalue weighted by Gasteiger charge is 1.99. The van der Waals surface area contributed by atoms with Crippen LogP contribution in [-0.2, 0) is 9.84 Å². The van der Waals surface area contributed by atoms with Gasteiger partial charge in [-0.25, -0.2) is 13.9 Å². The highest BCUT2D eigenvalue weighted by molar-refractivity contribution is 7.90. The van der Waals surface area contributed by atoms with Crippen molar-refractivity contribution < 1.29 is 13.6 Å². The number of rotatable bonds is 4. The van der Waals surface area contributed by atoms with Gasteiger partial charge in [-0.1, -0.05) is 0 Å². The van der Waals surface area contributed by atoms with Crippen molar-refractivity contribution in [3.63, 3.8) is 0 Å². The third kappa shape index (κ3) is 7.87. The molecule has 56 valence electrons. The van der Waals surface area contributed by atoms with Gasteiger partial charge in [0, 0.05) is 12.8 Å². The molecule has 0 aliphatic rings. The molecule has 0 bridgehead atoms. The van der Waals surface area contributed by atoms with E-state index >= 15 is 0 Å². The van der Waals surface area contributed by atoms with Crippen molar-refractivity contribution >= 4 is 9.84 Å². The van der Waals surface area contributed by atoms with Crippen LogP contribution in [0.4, 0.5) is 0 Å². The molecule has 0 aliphatic heterocycles. The van der Waals surface area contributed by atoms with E-state index < -0.39 is 9.84 Å². The zero-order chi connectivity index (χ0) is 7.33. The number of sulfone groups is 1. The Morgan fingerprint density at radius 3 is 2.44 bits per heavy atom. The maximum atomic E-state index is 10.4. The largest absolute Gasteiger partial charge is 0.317 e. The first kappa shape index (κ1) is 8.87. The molecule has 0 unspecified atom stereocenters. The predicted octanol–water partition coefficient (Wildman–Crippen LogP) is -0.600. The van der Waals surface area contributed by atoms with Crippen molar-refractivity contribution in [2.75, 3.05) is 18.6 Å². The van der Waals surface area contributed by atoms with Gasteiger partial charge < -0.3 is 5.21 Å². The van der Waals surface area contributed by atoms with Crippen molar-refractivity contribution in [3.8, 4) is 0 Å². The molecule has 0 aliphatic carbocycles. The predicted molar refractivity (Wildman–Crippen MR) is 34.1 cm³/mol. The molecule has 0 aromatic heterocycles. The van der Waals surface area contributed by atoms with Gasteiger partial charge in [-0.2, -0.15) is 0 Å². The Labute approximate surface area is 54.8 Å². The average Bonchev–Trinajstić information content (AvgIpc) is 1.63. The molecule has 9 heavy (non-hydrogen) atoms. The van der Waals surface area contributed by atoms with E-state index in [1.807, 2.05) is 5.48 Å².